The topological polar surface area (TPSA) is 89.3 Å². The minimum absolute atomic E-state index is 0.0112. The number of nitrogens with zero attached hydrogens (tertiary/aromatic N) is 1. The maximum Gasteiger partial charge on any atom is 0.271 e. The molecule has 3 aromatic carbocycles. The average molecular weight is 392 g/mol. The molecule has 1 amide bonds. The van der Waals surface area contributed by atoms with Crippen molar-refractivity contribution in [3.63, 3.8) is 0 Å². The number of amides is 1. The highest BCUT2D eigenvalue weighted by atomic mass is 32.2. The van der Waals surface area contributed by atoms with Gasteiger partial charge in [-0.25, -0.2) is 0 Å². The lowest BCUT2D eigenvalue weighted by Crippen LogP contribution is -2.12. The molecule has 0 bridgehead atoms. The summed E-state index contributed by atoms with van der Waals surface area (Å²) >= 11 is 1.35. The molecule has 0 atom stereocenters. The number of hydrogen-bond donors (Lipinski definition) is 1. The highest BCUT2D eigenvalue weighted by Gasteiger charge is 2.11. The standard InChI is InChI=1S/C21H16N2O4S/c24-20(15-6-2-1-3-7-15)14-28-19-11-4-8-16(12-19)21(25)22-17-9-5-10-18(13-17)23(26)27/h1-13H,14H2,(H,22,25). The van der Waals surface area contributed by atoms with Gasteiger partial charge in [0, 0.05) is 33.8 Å². The van der Waals surface area contributed by atoms with Crippen LogP contribution in [0.3, 0.4) is 0 Å². The number of hydrogen-bond acceptors (Lipinski definition) is 5. The fourth-order valence-corrected chi connectivity index (χ4v) is 3.33. The first-order chi connectivity index (χ1) is 13.5. The zero-order valence-electron chi connectivity index (χ0n) is 14.7. The van der Waals surface area contributed by atoms with Crippen molar-refractivity contribution in [1.82, 2.24) is 0 Å². The van der Waals surface area contributed by atoms with E-state index in [1.165, 1.54) is 30.0 Å². The molecule has 6 nitrogen and oxygen atoms in total. The molecule has 0 fully saturated rings. The Balaban J connectivity index is 1.65. The van der Waals surface area contributed by atoms with Crippen molar-refractivity contribution >= 4 is 34.8 Å². The smallest absolute Gasteiger partial charge is 0.271 e. The van der Waals surface area contributed by atoms with Crippen molar-refractivity contribution in [2.75, 3.05) is 11.1 Å². The second kappa shape index (κ2) is 8.96. The number of non-ortho nitro benzene ring substituents is 1. The quantitative estimate of drug-likeness (QED) is 0.269. The number of nitro benzene ring substituents is 1. The van der Waals surface area contributed by atoms with E-state index in [0.717, 1.165) is 4.90 Å². The van der Waals surface area contributed by atoms with Crippen LogP contribution in [0.15, 0.2) is 83.8 Å². The van der Waals surface area contributed by atoms with E-state index in [-0.39, 0.29) is 23.1 Å². The van der Waals surface area contributed by atoms with Crippen LogP contribution in [0, 0.1) is 10.1 Å². The van der Waals surface area contributed by atoms with E-state index in [4.69, 9.17) is 0 Å². The molecular weight excluding hydrogens is 376 g/mol. The van der Waals surface area contributed by atoms with E-state index in [2.05, 4.69) is 5.32 Å². The zero-order chi connectivity index (χ0) is 19.9. The number of carbonyl (C=O) groups is 2. The number of ketones is 1. The average Bonchev–Trinajstić information content (AvgIpc) is 2.73. The normalized spacial score (nSPS) is 10.3. The van der Waals surface area contributed by atoms with Crippen LogP contribution in [-0.2, 0) is 0 Å². The summed E-state index contributed by atoms with van der Waals surface area (Å²) in [4.78, 5) is 35.8. The van der Waals surface area contributed by atoms with Crippen molar-refractivity contribution in [3.05, 3.63) is 100 Å². The lowest BCUT2D eigenvalue weighted by molar-refractivity contribution is -0.384. The highest BCUT2D eigenvalue weighted by Crippen LogP contribution is 2.22. The lowest BCUT2D eigenvalue weighted by Gasteiger charge is -2.07. The molecule has 3 aromatic rings. The molecule has 0 heterocycles. The van der Waals surface area contributed by atoms with Crippen molar-refractivity contribution in [3.8, 4) is 0 Å². The van der Waals surface area contributed by atoms with Gasteiger partial charge in [0.25, 0.3) is 11.6 Å². The molecule has 0 aliphatic carbocycles. The second-order valence-electron chi connectivity index (χ2n) is 5.87. The van der Waals surface area contributed by atoms with E-state index in [9.17, 15) is 19.7 Å². The Morgan fingerprint density at radius 2 is 1.61 bits per heavy atom. The van der Waals surface area contributed by atoms with E-state index in [0.29, 0.717) is 16.8 Å². The summed E-state index contributed by atoms with van der Waals surface area (Å²) < 4.78 is 0. The summed E-state index contributed by atoms with van der Waals surface area (Å²) in [7, 11) is 0. The Labute approximate surface area is 165 Å². The Morgan fingerprint density at radius 1 is 0.893 bits per heavy atom. The van der Waals surface area contributed by atoms with Crippen molar-refractivity contribution in [1.29, 1.82) is 0 Å². The molecular formula is C21H16N2O4S. The number of nitrogens with one attached hydrogen (secondary N) is 1. The molecule has 0 saturated heterocycles. The molecule has 0 spiro atoms. The number of Topliss-reactive ketones (excluding diaryl/α,β-unsaturated/α-hetero) is 1. The number of rotatable bonds is 7. The molecule has 0 radical (unpaired) electrons. The van der Waals surface area contributed by atoms with Crippen LogP contribution in [-0.4, -0.2) is 22.4 Å². The first-order valence-corrected chi connectivity index (χ1v) is 9.38. The first kappa shape index (κ1) is 19.3. The Hall–Kier alpha value is -3.45. The maximum absolute atomic E-state index is 12.4. The van der Waals surface area contributed by atoms with Gasteiger partial charge in [-0.1, -0.05) is 42.5 Å². The molecule has 0 aliphatic heterocycles. The molecule has 140 valence electrons. The fourth-order valence-electron chi connectivity index (χ4n) is 2.48. The molecule has 7 heteroatoms. The van der Waals surface area contributed by atoms with Crippen molar-refractivity contribution in [2.45, 2.75) is 4.90 Å². The van der Waals surface area contributed by atoms with Gasteiger partial charge in [0.05, 0.1) is 10.7 Å². The minimum atomic E-state index is -0.517. The molecule has 0 saturated carbocycles. The summed E-state index contributed by atoms with van der Waals surface area (Å²) in [5, 5.41) is 13.5. The van der Waals surface area contributed by atoms with E-state index in [1.54, 1.807) is 36.4 Å². The fraction of sp³-hybridized carbons (Fsp3) is 0.0476. The number of anilines is 1. The zero-order valence-corrected chi connectivity index (χ0v) is 15.5. The summed E-state index contributed by atoms with van der Waals surface area (Å²) in [6.07, 6.45) is 0. The maximum atomic E-state index is 12.4. The Kier molecular flexibility index (Phi) is 6.18. The van der Waals surface area contributed by atoms with Gasteiger partial charge >= 0.3 is 0 Å². The molecule has 0 aliphatic rings. The van der Waals surface area contributed by atoms with Gasteiger partial charge in [0.15, 0.2) is 5.78 Å². The predicted octanol–water partition coefficient (Wildman–Crippen LogP) is 4.82. The predicted molar refractivity (Wildman–Crippen MR) is 109 cm³/mol. The van der Waals surface area contributed by atoms with Crippen molar-refractivity contribution in [2.24, 2.45) is 0 Å². The molecule has 0 aromatic heterocycles. The third-order valence-electron chi connectivity index (χ3n) is 3.88. The number of carbonyl (C=O) groups excluding carboxylic acids is 2. The molecule has 28 heavy (non-hydrogen) atoms. The van der Waals surface area contributed by atoms with Gasteiger partial charge in [-0.05, 0) is 24.3 Å². The number of benzene rings is 3. The first-order valence-electron chi connectivity index (χ1n) is 8.40. The van der Waals surface area contributed by atoms with Gasteiger partial charge in [0.2, 0.25) is 0 Å². The van der Waals surface area contributed by atoms with Crippen LogP contribution >= 0.6 is 11.8 Å². The van der Waals surface area contributed by atoms with E-state index < -0.39 is 4.92 Å². The largest absolute Gasteiger partial charge is 0.322 e. The molecule has 1 N–H and O–H groups in total. The summed E-state index contributed by atoms with van der Waals surface area (Å²) in [5.41, 5.74) is 1.30. The lowest BCUT2D eigenvalue weighted by atomic mass is 10.2. The van der Waals surface area contributed by atoms with Gasteiger partial charge in [-0.2, -0.15) is 0 Å². The van der Waals surface area contributed by atoms with Crippen molar-refractivity contribution < 1.29 is 14.5 Å². The van der Waals surface area contributed by atoms with Crippen LogP contribution in [0.5, 0.6) is 0 Å². The summed E-state index contributed by atoms with van der Waals surface area (Å²) in [6.45, 7) is 0. The summed E-state index contributed by atoms with van der Waals surface area (Å²) in [6, 6.07) is 21.7. The van der Waals surface area contributed by atoms with Gasteiger partial charge in [-0.15, -0.1) is 11.8 Å². The van der Waals surface area contributed by atoms with Gasteiger partial charge < -0.3 is 5.32 Å². The number of thioether (sulfide) groups is 1. The SMILES string of the molecule is O=C(CSc1cccc(C(=O)Nc2cccc([N+](=O)[O-])c2)c1)c1ccccc1. The van der Waals surface area contributed by atoms with Gasteiger partial charge in [-0.3, -0.25) is 19.7 Å². The molecule has 3 rings (SSSR count). The number of nitro groups is 1. The monoisotopic (exact) mass is 392 g/mol. The van der Waals surface area contributed by atoms with Crippen LogP contribution < -0.4 is 5.32 Å². The van der Waals surface area contributed by atoms with Crippen LogP contribution in [0.4, 0.5) is 11.4 Å². The minimum Gasteiger partial charge on any atom is -0.322 e. The third kappa shape index (κ3) is 5.05. The second-order valence-corrected chi connectivity index (χ2v) is 6.92. The van der Waals surface area contributed by atoms with E-state index >= 15 is 0 Å². The Morgan fingerprint density at radius 3 is 2.36 bits per heavy atom. The third-order valence-corrected chi connectivity index (χ3v) is 4.87. The van der Waals surface area contributed by atoms with E-state index in [1.807, 2.05) is 24.3 Å². The van der Waals surface area contributed by atoms with Crippen LogP contribution in [0.25, 0.3) is 0 Å². The summed E-state index contributed by atoms with van der Waals surface area (Å²) in [5.74, 6) is -0.102. The van der Waals surface area contributed by atoms with Crippen LogP contribution in [0.2, 0.25) is 0 Å². The van der Waals surface area contributed by atoms with Gasteiger partial charge in [0.1, 0.15) is 0 Å². The highest BCUT2D eigenvalue weighted by molar-refractivity contribution is 8.00. The van der Waals surface area contributed by atoms with Crippen LogP contribution in [0.1, 0.15) is 20.7 Å². The Bertz CT molecular complexity index is 1020. The molecule has 0 unspecified atom stereocenters.